The molecule has 0 radical (unpaired) electrons. The second kappa shape index (κ2) is 6.36. The number of carbonyl (C=O) groups is 2. The molecule has 0 atom stereocenters. The number of nitrogens with one attached hydrogen (secondary N) is 1. The Hall–Kier alpha value is -1.84. The van der Waals surface area contributed by atoms with Gasteiger partial charge in [-0.25, -0.2) is 0 Å². The van der Waals surface area contributed by atoms with Crippen LogP contribution in [0.2, 0.25) is 0 Å². The molecule has 1 N–H and O–H groups in total. The highest BCUT2D eigenvalue weighted by Gasteiger charge is 2.21. The van der Waals surface area contributed by atoms with Gasteiger partial charge in [0.15, 0.2) is 0 Å². The quantitative estimate of drug-likeness (QED) is 0.882. The van der Waals surface area contributed by atoms with Crippen molar-refractivity contribution in [1.82, 2.24) is 5.32 Å². The van der Waals surface area contributed by atoms with Gasteiger partial charge in [-0.2, -0.15) is 0 Å². The van der Waals surface area contributed by atoms with Crippen LogP contribution in [0.4, 0.5) is 5.69 Å². The van der Waals surface area contributed by atoms with E-state index in [0.29, 0.717) is 19.4 Å². The number of hydrogen-bond acceptors (Lipinski definition) is 2. The summed E-state index contributed by atoms with van der Waals surface area (Å²) in [5, 5.41) is 2.88. The minimum atomic E-state index is 0.0845. The van der Waals surface area contributed by atoms with Crippen molar-refractivity contribution >= 4 is 17.5 Å². The third kappa shape index (κ3) is 3.56. The third-order valence-corrected chi connectivity index (χ3v) is 3.29. The summed E-state index contributed by atoms with van der Waals surface area (Å²) in [4.78, 5) is 24.8. The smallest absolute Gasteiger partial charge is 0.227 e. The molecule has 0 aromatic heterocycles. The highest BCUT2D eigenvalue weighted by molar-refractivity contribution is 5.95. The van der Waals surface area contributed by atoms with Gasteiger partial charge in [-0.1, -0.05) is 19.1 Å². The van der Waals surface area contributed by atoms with Gasteiger partial charge in [0, 0.05) is 31.6 Å². The molecular weight excluding hydrogens is 240 g/mol. The predicted molar refractivity (Wildman–Crippen MR) is 74.8 cm³/mol. The molecule has 1 aromatic carbocycles. The summed E-state index contributed by atoms with van der Waals surface area (Å²) in [6.45, 7) is 3.35. The van der Waals surface area contributed by atoms with Crippen LogP contribution in [0, 0.1) is 0 Å². The van der Waals surface area contributed by atoms with Crippen LogP contribution in [0.25, 0.3) is 0 Å². The Morgan fingerprint density at radius 1 is 1.32 bits per heavy atom. The van der Waals surface area contributed by atoms with E-state index in [0.717, 1.165) is 30.6 Å². The Kier molecular flexibility index (Phi) is 4.55. The Morgan fingerprint density at radius 3 is 2.63 bits per heavy atom. The largest absolute Gasteiger partial charge is 0.352 e. The highest BCUT2D eigenvalue weighted by Crippen LogP contribution is 2.21. The lowest BCUT2D eigenvalue weighted by Gasteiger charge is -2.16. The van der Waals surface area contributed by atoms with Gasteiger partial charge in [0.05, 0.1) is 0 Å². The van der Waals surface area contributed by atoms with Crippen molar-refractivity contribution in [2.24, 2.45) is 0 Å². The van der Waals surface area contributed by atoms with E-state index in [9.17, 15) is 9.59 Å². The van der Waals surface area contributed by atoms with Gasteiger partial charge in [-0.3, -0.25) is 9.59 Å². The van der Waals surface area contributed by atoms with Gasteiger partial charge < -0.3 is 10.2 Å². The SMILES string of the molecule is CCCC(=O)NCc1ccc(N2CCCC2=O)cc1. The van der Waals surface area contributed by atoms with Gasteiger partial charge >= 0.3 is 0 Å². The highest BCUT2D eigenvalue weighted by atomic mass is 16.2. The molecule has 1 heterocycles. The molecule has 0 aliphatic carbocycles. The second-order valence-corrected chi connectivity index (χ2v) is 4.84. The summed E-state index contributed by atoms with van der Waals surface area (Å²) < 4.78 is 0. The molecule has 102 valence electrons. The average molecular weight is 260 g/mol. The molecule has 4 nitrogen and oxygen atoms in total. The molecule has 4 heteroatoms. The summed E-state index contributed by atoms with van der Waals surface area (Å²) in [5.74, 6) is 0.283. The molecule has 2 rings (SSSR count). The van der Waals surface area contributed by atoms with Crippen LogP contribution in [0.3, 0.4) is 0 Å². The minimum absolute atomic E-state index is 0.0845. The zero-order chi connectivity index (χ0) is 13.7. The van der Waals surface area contributed by atoms with Crippen LogP contribution in [-0.2, 0) is 16.1 Å². The maximum atomic E-state index is 11.6. The maximum absolute atomic E-state index is 11.6. The van der Waals surface area contributed by atoms with Crippen molar-refractivity contribution in [3.8, 4) is 0 Å². The van der Waals surface area contributed by atoms with Crippen molar-refractivity contribution in [3.63, 3.8) is 0 Å². The van der Waals surface area contributed by atoms with E-state index in [1.165, 1.54) is 0 Å². The number of rotatable bonds is 5. The molecule has 19 heavy (non-hydrogen) atoms. The van der Waals surface area contributed by atoms with Crippen LogP contribution in [0.15, 0.2) is 24.3 Å². The molecular formula is C15H20N2O2. The number of benzene rings is 1. The van der Waals surface area contributed by atoms with Crippen LogP contribution in [0.1, 0.15) is 38.2 Å². The minimum Gasteiger partial charge on any atom is -0.352 e. The lowest BCUT2D eigenvalue weighted by Crippen LogP contribution is -2.24. The fourth-order valence-corrected chi connectivity index (χ4v) is 2.23. The summed E-state index contributed by atoms with van der Waals surface area (Å²) in [6, 6.07) is 7.83. The summed E-state index contributed by atoms with van der Waals surface area (Å²) in [6.07, 6.45) is 3.02. The Labute approximate surface area is 113 Å². The first kappa shape index (κ1) is 13.6. The van der Waals surface area contributed by atoms with E-state index in [-0.39, 0.29) is 11.8 Å². The zero-order valence-corrected chi connectivity index (χ0v) is 11.3. The molecule has 1 aliphatic rings. The average Bonchev–Trinajstić information content (AvgIpc) is 2.84. The van der Waals surface area contributed by atoms with Crippen molar-refractivity contribution < 1.29 is 9.59 Å². The first-order valence-electron chi connectivity index (χ1n) is 6.86. The van der Waals surface area contributed by atoms with Gasteiger partial charge in [0.1, 0.15) is 0 Å². The van der Waals surface area contributed by atoms with E-state index >= 15 is 0 Å². The number of amides is 2. The lowest BCUT2D eigenvalue weighted by atomic mass is 10.2. The van der Waals surface area contributed by atoms with E-state index in [2.05, 4.69) is 5.32 Å². The molecule has 1 aliphatic heterocycles. The Balaban J connectivity index is 1.91. The van der Waals surface area contributed by atoms with Gasteiger partial charge in [-0.05, 0) is 30.5 Å². The standard InChI is InChI=1S/C15H20N2O2/c1-2-4-14(18)16-11-12-6-8-13(9-7-12)17-10-3-5-15(17)19/h6-9H,2-5,10-11H2,1H3,(H,16,18). The molecule has 1 saturated heterocycles. The Bertz CT molecular complexity index is 454. The third-order valence-electron chi connectivity index (χ3n) is 3.29. The summed E-state index contributed by atoms with van der Waals surface area (Å²) in [7, 11) is 0. The molecule has 0 unspecified atom stereocenters. The fraction of sp³-hybridized carbons (Fsp3) is 0.467. The van der Waals surface area contributed by atoms with E-state index in [1.807, 2.05) is 36.1 Å². The Morgan fingerprint density at radius 2 is 2.05 bits per heavy atom. The normalized spacial score (nSPS) is 14.8. The van der Waals surface area contributed by atoms with Crippen molar-refractivity contribution in [3.05, 3.63) is 29.8 Å². The number of nitrogens with zero attached hydrogens (tertiary/aromatic N) is 1. The molecule has 2 amide bonds. The first-order chi connectivity index (χ1) is 9.20. The van der Waals surface area contributed by atoms with Gasteiger partial charge in [0.2, 0.25) is 11.8 Å². The van der Waals surface area contributed by atoms with Crippen LogP contribution in [-0.4, -0.2) is 18.4 Å². The first-order valence-corrected chi connectivity index (χ1v) is 6.86. The van der Waals surface area contributed by atoms with Crippen LogP contribution in [0.5, 0.6) is 0 Å². The van der Waals surface area contributed by atoms with E-state index in [4.69, 9.17) is 0 Å². The summed E-state index contributed by atoms with van der Waals surface area (Å²) >= 11 is 0. The van der Waals surface area contributed by atoms with Crippen LogP contribution < -0.4 is 10.2 Å². The van der Waals surface area contributed by atoms with Crippen molar-refractivity contribution in [2.75, 3.05) is 11.4 Å². The molecule has 0 spiro atoms. The van der Waals surface area contributed by atoms with Crippen molar-refractivity contribution in [1.29, 1.82) is 0 Å². The number of carbonyl (C=O) groups excluding carboxylic acids is 2. The van der Waals surface area contributed by atoms with Crippen LogP contribution >= 0.6 is 0 Å². The zero-order valence-electron chi connectivity index (χ0n) is 11.3. The number of anilines is 1. The summed E-state index contributed by atoms with van der Waals surface area (Å²) in [5.41, 5.74) is 2.01. The van der Waals surface area contributed by atoms with Gasteiger partial charge in [-0.15, -0.1) is 0 Å². The fourth-order valence-electron chi connectivity index (χ4n) is 2.23. The molecule has 0 bridgehead atoms. The lowest BCUT2D eigenvalue weighted by molar-refractivity contribution is -0.121. The monoisotopic (exact) mass is 260 g/mol. The molecule has 0 saturated carbocycles. The molecule has 1 fully saturated rings. The van der Waals surface area contributed by atoms with E-state index in [1.54, 1.807) is 0 Å². The van der Waals surface area contributed by atoms with Crippen molar-refractivity contribution in [2.45, 2.75) is 39.2 Å². The second-order valence-electron chi connectivity index (χ2n) is 4.84. The van der Waals surface area contributed by atoms with Gasteiger partial charge in [0.25, 0.3) is 0 Å². The maximum Gasteiger partial charge on any atom is 0.227 e. The molecule has 1 aromatic rings. The topological polar surface area (TPSA) is 49.4 Å². The predicted octanol–water partition coefficient (Wildman–Crippen LogP) is 2.23. The van der Waals surface area contributed by atoms with E-state index < -0.39 is 0 Å². The number of hydrogen-bond donors (Lipinski definition) is 1.